The van der Waals surface area contributed by atoms with Gasteiger partial charge in [-0.25, -0.2) is 13.1 Å². The molecule has 0 spiro atoms. The Morgan fingerprint density at radius 1 is 1.54 bits per heavy atom. The molecule has 0 saturated heterocycles. The molecule has 0 aliphatic rings. The number of sulfonamides is 1. The Morgan fingerprint density at radius 3 is 2.62 bits per heavy atom. The lowest BCUT2D eigenvalue weighted by Gasteiger charge is -2.01. The summed E-state index contributed by atoms with van der Waals surface area (Å²) < 4.78 is 23.7. The van der Waals surface area contributed by atoms with Crippen molar-refractivity contribution in [3.05, 3.63) is 0 Å². The van der Waals surface area contributed by atoms with Gasteiger partial charge in [-0.3, -0.25) is 4.79 Å². The summed E-state index contributed by atoms with van der Waals surface area (Å²) in [5, 5.41) is 16.3. The van der Waals surface area contributed by atoms with Crippen LogP contribution in [0, 0.1) is 11.3 Å². The molecule has 0 amide bonds. The molecule has 0 aliphatic heterocycles. The van der Waals surface area contributed by atoms with Gasteiger partial charge in [0.05, 0.1) is 11.8 Å². The second kappa shape index (κ2) is 5.50. The zero-order valence-electron chi connectivity index (χ0n) is 6.86. The maximum atomic E-state index is 10.9. The van der Waals surface area contributed by atoms with E-state index in [4.69, 9.17) is 10.4 Å². The molecule has 0 aromatic rings. The van der Waals surface area contributed by atoms with Crippen molar-refractivity contribution in [2.75, 3.05) is 12.3 Å². The third-order valence-electron chi connectivity index (χ3n) is 1.14. The van der Waals surface area contributed by atoms with E-state index in [9.17, 15) is 13.2 Å². The van der Waals surface area contributed by atoms with E-state index >= 15 is 0 Å². The van der Waals surface area contributed by atoms with E-state index in [2.05, 4.69) is 0 Å². The Balaban J connectivity index is 3.82. The monoisotopic (exact) mass is 206 g/mol. The lowest BCUT2D eigenvalue weighted by molar-refractivity contribution is -0.135. The number of carboxylic acids is 1. The number of hydrogen-bond donors (Lipinski definition) is 2. The number of hydrogen-bond acceptors (Lipinski definition) is 4. The highest BCUT2D eigenvalue weighted by atomic mass is 32.2. The first-order valence-electron chi connectivity index (χ1n) is 3.54. The van der Waals surface area contributed by atoms with E-state index in [0.29, 0.717) is 0 Å². The van der Waals surface area contributed by atoms with E-state index in [-0.39, 0.29) is 18.6 Å². The third-order valence-corrected chi connectivity index (χ3v) is 2.56. The quantitative estimate of drug-likeness (QED) is 0.558. The SMILES string of the molecule is N#CCCCS(=O)(=O)NCC(=O)O. The van der Waals surface area contributed by atoms with Crippen LogP contribution in [0.5, 0.6) is 0 Å². The van der Waals surface area contributed by atoms with Crippen LogP contribution in [0.25, 0.3) is 0 Å². The third kappa shape index (κ3) is 7.24. The van der Waals surface area contributed by atoms with Crippen LogP contribution in [0.2, 0.25) is 0 Å². The largest absolute Gasteiger partial charge is 0.480 e. The summed E-state index contributed by atoms with van der Waals surface area (Å²) >= 11 is 0. The maximum absolute atomic E-state index is 10.9. The summed E-state index contributed by atoms with van der Waals surface area (Å²) in [5.74, 6) is -1.45. The predicted octanol–water partition coefficient (Wildman–Crippen LogP) is -0.706. The van der Waals surface area contributed by atoms with Gasteiger partial charge in [-0.15, -0.1) is 0 Å². The lowest BCUT2D eigenvalue weighted by Crippen LogP contribution is -2.31. The molecule has 0 aliphatic carbocycles. The molecule has 13 heavy (non-hydrogen) atoms. The van der Waals surface area contributed by atoms with E-state index in [1.54, 1.807) is 6.07 Å². The number of carbonyl (C=O) groups is 1. The minimum atomic E-state index is -3.53. The van der Waals surface area contributed by atoms with Crippen LogP contribution in [-0.2, 0) is 14.8 Å². The van der Waals surface area contributed by atoms with Gasteiger partial charge in [-0.1, -0.05) is 0 Å². The summed E-state index contributed by atoms with van der Waals surface area (Å²) in [6.45, 7) is -0.616. The van der Waals surface area contributed by atoms with Crippen LogP contribution in [0.4, 0.5) is 0 Å². The summed E-state index contributed by atoms with van der Waals surface area (Å²) in [7, 11) is -3.53. The summed E-state index contributed by atoms with van der Waals surface area (Å²) in [4.78, 5) is 10.00. The van der Waals surface area contributed by atoms with Gasteiger partial charge in [0.15, 0.2) is 0 Å². The number of unbranched alkanes of at least 4 members (excludes halogenated alkanes) is 1. The fourth-order valence-electron chi connectivity index (χ4n) is 0.585. The highest BCUT2D eigenvalue weighted by Gasteiger charge is 2.10. The van der Waals surface area contributed by atoms with Gasteiger partial charge < -0.3 is 5.11 Å². The highest BCUT2D eigenvalue weighted by molar-refractivity contribution is 7.89. The number of nitrogens with zero attached hydrogens (tertiary/aromatic N) is 1. The number of nitriles is 1. The van der Waals surface area contributed by atoms with Crippen molar-refractivity contribution in [1.82, 2.24) is 4.72 Å². The zero-order valence-corrected chi connectivity index (χ0v) is 7.67. The van der Waals surface area contributed by atoms with Crippen molar-refractivity contribution in [3.63, 3.8) is 0 Å². The van der Waals surface area contributed by atoms with Crippen LogP contribution in [0.1, 0.15) is 12.8 Å². The highest BCUT2D eigenvalue weighted by Crippen LogP contribution is 1.92. The molecule has 0 fully saturated rings. The van der Waals surface area contributed by atoms with Crippen molar-refractivity contribution in [2.45, 2.75) is 12.8 Å². The van der Waals surface area contributed by atoms with E-state index in [0.717, 1.165) is 0 Å². The second-order valence-electron chi connectivity index (χ2n) is 2.30. The first-order chi connectivity index (χ1) is 5.98. The molecule has 2 N–H and O–H groups in total. The Bertz CT molecular complexity index is 303. The molecule has 0 rings (SSSR count). The second-order valence-corrected chi connectivity index (χ2v) is 4.22. The minimum Gasteiger partial charge on any atom is -0.480 e. The fraction of sp³-hybridized carbons (Fsp3) is 0.667. The van der Waals surface area contributed by atoms with Crippen LogP contribution in [0.15, 0.2) is 0 Å². The van der Waals surface area contributed by atoms with Crippen molar-refractivity contribution >= 4 is 16.0 Å². The number of aliphatic carboxylic acids is 1. The zero-order chi connectivity index (χ0) is 10.3. The van der Waals surface area contributed by atoms with Gasteiger partial charge in [-0.05, 0) is 6.42 Å². The summed E-state index contributed by atoms with van der Waals surface area (Å²) in [6.07, 6.45) is 0.361. The van der Waals surface area contributed by atoms with Gasteiger partial charge in [0.1, 0.15) is 6.54 Å². The topological polar surface area (TPSA) is 107 Å². The van der Waals surface area contributed by atoms with Crippen LogP contribution >= 0.6 is 0 Å². The van der Waals surface area contributed by atoms with Crippen molar-refractivity contribution < 1.29 is 18.3 Å². The van der Waals surface area contributed by atoms with Gasteiger partial charge in [0, 0.05) is 6.42 Å². The van der Waals surface area contributed by atoms with Gasteiger partial charge in [-0.2, -0.15) is 5.26 Å². The van der Waals surface area contributed by atoms with Gasteiger partial charge in [0.25, 0.3) is 0 Å². The Hall–Kier alpha value is -1.13. The average molecular weight is 206 g/mol. The number of nitrogens with one attached hydrogen (secondary N) is 1. The molecule has 0 atom stereocenters. The molecule has 7 heteroatoms. The maximum Gasteiger partial charge on any atom is 0.318 e. The first kappa shape index (κ1) is 11.9. The number of carboxylic acid groups (broad SMARTS) is 1. The number of rotatable bonds is 6. The molecule has 0 saturated carbocycles. The predicted molar refractivity (Wildman–Crippen MR) is 44.3 cm³/mol. The lowest BCUT2D eigenvalue weighted by atomic mass is 10.4. The molecule has 0 aromatic heterocycles. The van der Waals surface area contributed by atoms with E-state index < -0.39 is 22.5 Å². The molecule has 0 unspecified atom stereocenters. The molecule has 0 heterocycles. The molecular formula is C6H10N2O4S. The van der Waals surface area contributed by atoms with Crippen molar-refractivity contribution in [1.29, 1.82) is 5.26 Å². The average Bonchev–Trinajstić information content (AvgIpc) is 2.02. The minimum absolute atomic E-state index is 0.147. The normalized spacial score (nSPS) is 10.7. The fourth-order valence-corrected chi connectivity index (χ4v) is 1.60. The van der Waals surface area contributed by atoms with Crippen molar-refractivity contribution in [2.24, 2.45) is 0 Å². The standard InChI is InChI=1S/C6H10N2O4S/c7-3-1-2-4-13(11,12)8-5-6(9)10/h8H,1-2,4-5H2,(H,9,10). The van der Waals surface area contributed by atoms with Crippen LogP contribution < -0.4 is 4.72 Å². The van der Waals surface area contributed by atoms with Crippen LogP contribution in [0.3, 0.4) is 0 Å². The van der Waals surface area contributed by atoms with Crippen LogP contribution in [-0.4, -0.2) is 31.8 Å². The first-order valence-corrected chi connectivity index (χ1v) is 5.19. The Kier molecular flexibility index (Phi) is 5.03. The molecule has 0 aromatic carbocycles. The molecule has 0 radical (unpaired) electrons. The van der Waals surface area contributed by atoms with Crippen molar-refractivity contribution in [3.8, 4) is 6.07 Å². The van der Waals surface area contributed by atoms with E-state index in [1.165, 1.54) is 0 Å². The smallest absolute Gasteiger partial charge is 0.318 e. The molecule has 74 valence electrons. The Morgan fingerprint density at radius 2 is 2.15 bits per heavy atom. The Labute approximate surface area is 76.2 Å². The molecule has 6 nitrogen and oxygen atoms in total. The summed E-state index contributed by atoms with van der Waals surface area (Å²) in [6, 6.07) is 1.80. The molecular weight excluding hydrogens is 196 g/mol. The van der Waals surface area contributed by atoms with Gasteiger partial charge >= 0.3 is 5.97 Å². The summed E-state index contributed by atoms with van der Waals surface area (Å²) in [5.41, 5.74) is 0. The van der Waals surface area contributed by atoms with Gasteiger partial charge in [0.2, 0.25) is 10.0 Å². The molecule has 0 bridgehead atoms. The van der Waals surface area contributed by atoms with E-state index in [1.807, 2.05) is 4.72 Å².